The normalized spacial score (nSPS) is 13.1. The summed E-state index contributed by atoms with van der Waals surface area (Å²) in [6.07, 6.45) is -5.83. The lowest BCUT2D eigenvalue weighted by Crippen LogP contribution is -2.28. The fraction of sp³-hybridized carbons (Fsp3) is 0.316. The maximum atomic E-state index is 13.1. The van der Waals surface area contributed by atoms with E-state index in [1.807, 2.05) is 6.92 Å². The molecule has 1 unspecified atom stereocenters. The summed E-state index contributed by atoms with van der Waals surface area (Å²) in [5.41, 5.74) is -3.13. The van der Waals surface area contributed by atoms with E-state index in [0.717, 1.165) is 0 Å². The van der Waals surface area contributed by atoms with Crippen molar-refractivity contribution in [2.75, 3.05) is 0 Å². The lowest BCUT2D eigenvalue weighted by atomic mass is 10.0. The second kappa shape index (κ2) is 8.55. The number of nitrogens with zero attached hydrogens (tertiary/aromatic N) is 5. The smallest absolute Gasteiger partial charge is 0.344 e. The Morgan fingerprint density at radius 2 is 1.62 bits per heavy atom. The Morgan fingerprint density at radius 1 is 1.03 bits per heavy atom. The fourth-order valence-electron chi connectivity index (χ4n) is 2.86. The molecule has 2 aromatic heterocycles. The van der Waals surface area contributed by atoms with Crippen molar-refractivity contribution in [3.05, 3.63) is 59.2 Å². The predicted molar refractivity (Wildman–Crippen MR) is 99.0 cm³/mol. The Balaban J connectivity index is 1.93. The lowest BCUT2D eigenvalue weighted by Gasteiger charge is -2.17. The summed E-state index contributed by atoms with van der Waals surface area (Å²) in [6.45, 7) is 3.84. The summed E-state index contributed by atoms with van der Waals surface area (Å²) in [5.74, 6) is -1.14. The molecular formula is C19H16F6N6O. The quantitative estimate of drug-likeness (QED) is 0.577. The minimum Gasteiger partial charge on any atom is -0.344 e. The van der Waals surface area contributed by atoms with Crippen LogP contribution in [0.4, 0.5) is 26.3 Å². The molecule has 1 amide bonds. The molecule has 0 fully saturated rings. The molecular weight excluding hydrogens is 442 g/mol. The van der Waals surface area contributed by atoms with Crippen LogP contribution >= 0.6 is 0 Å². The number of aryl methyl sites for hydroxylation is 1. The van der Waals surface area contributed by atoms with Gasteiger partial charge in [0.15, 0.2) is 0 Å². The number of hydrogen-bond donors (Lipinski definition) is 1. The standard InChI is InChI=1S/C19H16F6N6O/c1-3-31-9-14(29-30-31)16-15(26-4-5-27-16)10(2)28-17(32)11-6-12(18(20,21)22)8-13(7-11)19(23,24)25/h4-10H,3H2,1-2H3,(H,28,32). The number of hydrogen-bond acceptors (Lipinski definition) is 5. The number of carbonyl (C=O) groups is 1. The van der Waals surface area contributed by atoms with Gasteiger partial charge in [-0.25, -0.2) is 0 Å². The average Bonchev–Trinajstić information content (AvgIpc) is 3.21. The van der Waals surface area contributed by atoms with Crippen LogP contribution in [0.1, 0.15) is 47.1 Å². The van der Waals surface area contributed by atoms with E-state index < -0.39 is 41.0 Å². The van der Waals surface area contributed by atoms with Gasteiger partial charge in [-0.3, -0.25) is 19.4 Å². The van der Waals surface area contributed by atoms with Crippen molar-refractivity contribution < 1.29 is 31.1 Å². The zero-order chi connectivity index (χ0) is 23.7. The van der Waals surface area contributed by atoms with E-state index in [0.29, 0.717) is 24.4 Å². The topological polar surface area (TPSA) is 85.6 Å². The first-order chi connectivity index (χ1) is 14.9. The number of halogens is 6. The molecule has 0 saturated carbocycles. The maximum absolute atomic E-state index is 13.1. The highest BCUT2D eigenvalue weighted by atomic mass is 19.4. The highest BCUT2D eigenvalue weighted by molar-refractivity contribution is 5.95. The first kappa shape index (κ1) is 23.2. The number of rotatable bonds is 5. The molecule has 0 saturated heterocycles. The molecule has 13 heteroatoms. The minimum absolute atomic E-state index is 0.0436. The van der Waals surface area contributed by atoms with Crippen LogP contribution in [0.15, 0.2) is 36.8 Å². The molecule has 0 bridgehead atoms. The number of aromatic nitrogens is 5. The van der Waals surface area contributed by atoms with Gasteiger partial charge in [-0.1, -0.05) is 5.21 Å². The Labute approximate surface area is 177 Å². The molecule has 1 atom stereocenters. The summed E-state index contributed by atoms with van der Waals surface area (Å²) < 4.78 is 79.9. The van der Waals surface area contributed by atoms with Crippen molar-refractivity contribution in [3.63, 3.8) is 0 Å². The first-order valence-electron chi connectivity index (χ1n) is 9.22. The van der Waals surface area contributed by atoms with Crippen molar-refractivity contribution >= 4 is 5.91 Å². The second-order valence-corrected chi connectivity index (χ2v) is 6.74. The summed E-state index contributed by atoms with van der Waals surface area (Å²) in [6, 6.07) is -0.233. The largest absolute Gasteiger partial charge is 0.416 e. The monoisotopic (exact) mass is 458 g/mol. The lowest BCUT2D eigenvalue weighted by molar-refractivity contribution is -0.143. The summed E-state index contributed by atoms with van der Waals surface area (Å²) in [5, 5.41) is 10.2. The molecule has 2 heterocycles. The van der Waals surface area contributed by atoms with Crippen LogP contribution in [0.3, 0.4) is 0 Å². The molecule has 3 rings (SSSR count). The van der Waals surface area contributed by atoms with Crippen molar-refractivity contribution in [3.8, 4) is 11.4 Å². The van der Waals surface area contributed by atoms with Crippen molar-refractivity contribution in [1.29, 1.82) is 0 Å². The fourth-order valence-corrected chi connectivity index (χ4v) is 2.86. The molecule has 170 valence electrons. The van der Waals surface area contributed by atoms with Crippen molar-refractivity contribution in [2.45, 2.75) is 38.8 Å². The van der Waals surface area contributed by atoms with Crippen LogP contribution in [-0.2, 0) is 18.9 Å². The first-order valence-corrected chi connectivity index (χ1v) is 9.22. The average molecular weight is 458 g/mol. The van der Waals surface area contributed by atoms with Gasteiger partial charge in [-0.2, -0.15) is 26.3 Å². The van der Waals surface area contributed by atoms with E-state index in [2.05, 4.69) is 25.6 Å². The van der Waals surface area contributed by atoms with Crippen LogP contribution in [0.5, 0.6) is 0 Å². The van der Waals surface area contributed by atoms with Gasteiger partial charge in [0.05, 0.1) is 29.1 Å². The number of amides is 1. The van der Waals surface area contributed by atoms with E-state index in [9.17, 15) is 31.1 Å². The van der Waals surface area contributed by atoms with E-state index in [-0.39, 0.29) is 17.5 Å². The SMILES string of the molecule is CCn1cc(-c2nccnc2C(C)NC(=O)c2cc(C(F)(F)F)cc(C(F)(F)F)c2)nn1. The van der Waals surface area contributed by atoms with Gasteiger partial charge in [0.1, 0.15) is 11.4 Å². The number of nitrogens with one attached hydrogen (secondary N) is 1. The van der Waals surface area contributed by atoms with E-state index in [1.54, 1.807) is 6.20 Å². The number of alkyl halides is 6. The van der Waals surface area contributed by atoms with Gasteiger partial charge >= 0.3 is 12.4 Å². The Morgan fingerprint density at radius 3 is 2.16 bits per heavy atom. The summed E-state index contributed by atoms with van der Waals surface area (Å²) in [4.78, 5) is 20.9. The van der Waals surface area contributed by atoms with Gasteiger partial charge in [-0.05, 0) is 32.0 Å². The molecule has 7 nitrogen and oxygen atoms in total. The van der Waals surface area contributed by atoms with E-state index in [1.165, 1.54) is 24.0 Å². The van der Waals surface area contributed by atoms with Crippen molar-refractivity contribution in [1.82, 2.24) is 30.3 Å². The van der Waals surface area contributed by atoms with Gasteiger partial charge in [0.25, 0.3) is 5.91 Å². The third-order valence-electron chi connectivity index (χ3n) is 4.44. The molecule has 0 aliphatic rings. The van der Waals surface area contributed by atoms with Crippen LogP contribution in [-0.4, -0.2) is 30.9 Å². The molecule has 32 heavy (non-hydrogen) atoms. The van der Waals surface area contributed by atoms with E-state index >= 15 is 0 Å². The highest BCUT2D eigenvalue weighted by Gasteiger charge is 2.37. The third-order valence-corrected chi connectivity index (χ3v) is 4.44. The van der Waals surface area contributed by atoms with E-state index in [4.69, 9.17) is 0 Å². The van der Waals surface area contributed by atoms with Crippen LogP contribution in [0.25, 0.3) is 11.4 Å². The number of benzene rings is 1. The van der Waals surface area contributed by atoms with Crippen LogP contribution < -0.4 is 5.32 Å². The Bertz CT molecular complexity index is 1090. The molecule has 0 spiro atoms. The van der Waals surface area contributed by atoms with Gasteiger partial charge in [0.2, 0.25) is 0 Å². The van der Waals surface area contributed by atoms with Crippen molar-refractivity contribution in [2.24, 2.45) is 0 Å². The van der Waals surface area contributed by atoms with Gasteiger partial charge < -0.3 is 5.32 Å². The Hall–Kier alpha value is -3.51. The maximum Gasteiger partial charge on any atom is 0.416 e. The molecule has 0 aliphatic heterocycles. The van der Waals surface area contributed by atoms with Gasteiger partial charge in [0, 0.05) is 24.5 Å². The molecule has 0 aliphatic carbocycles. The molecule has 1 N–H and O–H groups in total. The zero-order valence-electron chi connectivity index (χ0n) is 16.7. The molecule has 1 aromatic carbocycles. The summed E-state index contributed by atoms with van der Waals surface area (Å²) in [7, 11) is 0. The summed E-state index contributed by atoms with van der Waals surface area (Å²) >= 11 is 0. The molecule has 3 aromatic rings. The minimum atomic E-state index is -5.06. The molecule has 0 radical (unpaired) electrons. The highest BCUT2D eigenvalue weighted by Crippen LogP contribution is 2.36. The second-order valence-electron chi connectivity index (χ2n) is 6.74. The Kier molecular flexibility index (Phi) is 6.19. The van der Waals surface area contributed by atoms with Crippen LogP contribution in [0, 0.1) is 0 Å². The third kappa shape index (κ3) is 5.03. The van der Waals surface area contributed by atoms with Crippen LogP contribution in [0.2, 0.25) is 0 Å². The number of carbonyl (C=O) groups excluding carboxylic acids is 1. The van der Waals surface area contributed by atoms with Gasteiger partial charge in [-0.15, -0.1) is 5.10 Å². The predicted octanol–water partition coefficient (Wildman–Crippen LogP) is 4.28. The zero-order valence-corrected chi connectivity index (χ0v) is 16.7.